The van der Waals surface area contributed by atoms with Gasteiger partial charge in [-0.1, -0.05) is 36.7 Å². The summed E-state index contributed by atoms with van der Waals surface area (Å²) in [5.74, 6) is 0.183. The third-order valence-electron chi connectivity index (χ3n) is 5.36. The summed E-state index contributed by atoms with van der Waals surface area (Å²) in [6, 6.07) is 4.14. The highest BCUT2D eigenvalue weighted by atomic mass is 32.1. The highest BCUT2D eigenvalue weighted by Crippen LogP contribution is 2.35. The van der Waals surface area contributed by atoms with Gasteiger partial charge < -0.3 is 4.90 Å². The summed E-state index contributed by atoms with van der Waals surface area (Å²) in [6.07, 6.45) is 11.1. The molecular formula is C20H26N4OS2. The van der Waals surface area contributed by atoms with Crippen LogP contribution in [0.3, 0.4) is 0 Å². The third kappa shape index (κ3) is 4.58. The quantitative estimate of drug-likeness (QED) is 0.572. The van der Waals surface area contributed by atoms with Gasteiger partial charge in [0.2, 0.25) is 5.91 Å². The van der Waals surface area contributed by atoms with E-state index in [0.717, 1.165) is 59.4 Å². The molecule has 4 rings (SSSR count). The lowest BCUT2D eigenvalue weighted by Gasteiger charge is -2.25. The van der Waals surface area contributed by atoms with Crippen molar-refractivity contribution in [3.05, 3.63) is 22.4 Å². The molecule has 7 heteroatoms. The van der Waals surface area contributed by atoms with Crippen molar-refractivity contribution in [2.24, 2.45) is 11.0 Å². The van der Waals surface area contributed by atoms with Gasteiger partial charge in [0.15, 0.2) is 5.13 Å². The Morgan fingerprint density at radius 3 is 2.70 bits per heavy atom. The van der Waals surface area contributed by atoms with Crippen LogP contribution in [0.5, 0.6) is 0 Å². The number of nitrogens with one attached hydrogen (secondary N) is 1. The van der Waals surface area contributed by atoms with Gasteiger partial charge in [0.05, 0.1) is 16.0 Å². The Labute approximate surface area is 168 Å². The molecule has 1 amide bonds. The summed E-state index contributed by atoms with van der Waals surface area (Å²) in [6.45, 7) is 2.15. The monoisotopic (exact) mass is 402 g/mol. The number of hydrogen-bond donors (Lipinski definition) is 1. The fourth-order valence-corrected chi connectivity index (χ4v) is 5.62. The minimum Gasteiger partial charge on any atom is -0.348 e. The number of thiophene rings is 1. The lowest BCUT2D eigenvalue weighted by Crippen LogP contribution is -2.29. The number of hydrogen-bond acceptors (Lipinski definition) is 6. The SMILES string of the molecule is O=C(N/N=C\c1sc(N2CCCCC2)nc1-c1cccs1)C1CCCCC1. The lowest BCUT2D eigenvalue weighted by atomic mass is 9.89. The molecule has 1 saturated heterocycles. The van der Waals surface area contributed by atoms with Crippen molar-refractivity contribution in [3.8, 4) is 10.6 Å². The van der Waals surface area contributed by atoms with Gasteiger partial charge in [-0.25, -0.2) is 10.4 Å². The minimum absolute atomic E-state index is 0.0596. The molecule has 1 aliphatic heterocycles. The van der Waals surface area contributed by atoms with Crippen molar-refractivity contribution >= 4 is 39.9 Å². The molecule has 2 aliphatic rings. The van der Waals surface area contributed by atoms with E-state index in [0.29, 0.717) is 0 Å². The first kappa shape index (κ1) is 18.6. The molecule has 0 bridgehead atoms. The topological polar surface area (TPSA) is 57.6 Å². The third-order valence-corrected chi connectivity index (χ3v) is 7.28. The fraction of sp³-hybridized carbons (Fsp3) is 0.550. The highest BCUT2D eigenvalue weighted by Gasteiger charge is 2.21. The number of carbonyl (C=O) groups is 1. The molecule has 0 unspecified atom stereocenters. The Morgan fingerprint density at radius 1 is 1.19 bits per heavy atom. The largest absolute Gasteiger partial charge is 0.348 e. The molecular weight excluding hydrogens is 376 g/mol. The van der Waals surface area contributed by atoms with Gasteiger partial charge in [-0.3, -0.25) is 4.79 Å². The molecule has 3 heterocycles. The number of hydrazone groups is 1. The van der Waals surface area contributed by atoms with Crippen LogP contribution in [0.2, 0.25) is 0 Å². The Kier molecular flexibility index (Phi) is 6.19. The van der Waals surface area contributed by atoms with Crippen LogP contribution in [0.1, 0.15) is 56.2 Å². The molecule has 2 aromatic rings. The van der Waals surface area contributed by atoms with Gasteiger partial charge in [-0.15, -0.1) is 11.3 Å². The summed E-state index contributed by atoms with van der Waals surface area (Å²) in [5.41, 5.74) is 3.74. The molecule has 27 heavy (non-hydrogen) atoms. The van der Waals surface area contributed by atoms with Crippen molar-refractivity contribution in [2.75, 3.05) is 18.0 Å². The van der Waals surface area contributed by atoms with Crippen molar-refractivity contribution in [3.63, 3.8) is 0 Å². The maximum Gasteiger partial charge on any atom is 0.243 e. The van der Waals surface area contributed by atoms with E-state index in [2.05, 4.69) is 26.9 Å². The summed E-state index contributed by atoms with van der Waals surface area (Å²) >= 11 is 3.36. The number of carbonyl (C=O) groups excluding carboxylic acids is 1. The average Bonchev–Trinajstić information content (AvgIpc) is 3.39. The van der Waals surface area contributed by atoms with Crippen LogP contribution < -0.4 is 10.3 Å². The molecule has 2 fully saturated rings. The molecule has 0 radical (unpaired) electrons. The van der Waals surface area contributed by atoms with Crippen LogP contribution in [0.15, 0.2) is 22.6 Å². The van der Waals surface area contributed by atoms with Crippen molar-refractivity contribution in [1.82, 2.24) is 10.4 Å². The van der Waals surface area contributed by atoms with Gasteiger partial charge in [0.1, 0.15) is 5.69 Å². The lowest BCUT2D eigenvalue weighted by molar-refractivity contribution is -0.125. The van der Waals surface area contributed by atoms with E-state index in [-0.39, 0.29) is 11.8 Å². The molecule has 1 saturated carbocycles. The van der Waals surface area contributed by atoms with E-state index in [9.17, 15) is 4.79 Å². The van der Waals surface area contributed by atoms with Gasteiger partial charge in [0.25, 0.3) is 0 Å². The first-order valence-corrected chi connectivity index (χ1v) is 11.6. The van der Waals surface area contributed by atoms with Gasteiger partial charge >= 0.3 is 0 Å². The molecule has 2 aromatic heterocycles. The zero-order valence-electron chi connectivity index (χ0n) is 15.5. The molecule has 0 spiro atoms. The fourth-order valence-electron chi connectivity index (χ4n) is 3.83. The van der Waals surface area contributed by atoms with Crippen molar-refractivity contribution in [1.29, 1.82) is 0 Å². The zero-order valence-corrected chi connectivity index (χ0v) is 17.2. The molecule has 144 valence electrons. The van der Waals surface area contributed by atoms with Crippen LogP contribution >= 0.6 is 22.7 Å². The smallest absolute Gasteiger partial charge is 0.243 e. The predicted octanol–water partition coefficient (Wildman–Crippen LogP) is 4.89. The Hall–Kier alpha value is -1.73. The second kappa shape index (κ2) is 8.97. The highest BCUT2D eigenvalue weighted by molar-refractivity contribution is 7.18. The van der Waals surface area contributed by atoms with Crippen molar-refractivity contribution in [2.45, 2.75) is 51.4 Å². The molecule has 0 aromatic carbocycles. The Balaban J connectivity index is 1.49. The van der Waals surface area contributed by atoms with Gasteiger partial charge in [0, 0.05) is 19.0 Å². The van der Waals surface area contributed by atoms with E-state index in [1.165, 1.54) is 25.7 Å². The number of rotatable bonds is 5. The van der Waals surface area contributed by atoms with E-state index in [4.69, 9.17) is 4.98 Å². The van der Waals surface area contributed by atoms with E-state index >= 15 is 0 Å². The molecule has 1 N–H and O–H groups in total. The van der Waals surface area contributed by atoms with Crippen LogP contribution in [0.4, 0.5) is 5.13 Å². The van der Waals surface area contributed by atoms with Crippen molar-refractivity contribution < 1.29 is 4.79 Å². The summed E-state index contributed by atoms with van der Waals surface area (Å²) in [7, 11) is 0. The number of piperidine rings is 1. The van der Waals surface area contributed by atoms with E-state index in [1.807, 2.05) is 6.07 Å². The Bertz CT molecular complexity index is 772. The molecule has 1 aliphatic carbocycles. The summed E-state index contributed by atoms with van der Waals surface area (Å²) in [4.78, 5) is 21.8. The Morgan fingerprint density at radius 2 is 1.96 bits per heavy atom. The van der Waals surface area contributed by atoms with Gasteiger partial charge in [-0.05, 0) is 43.6 Å². The van der Waals surface area contributed by atoms with E-state index < -0.39 is 0 Å². The molecule has 0 atom stereocenters. The number of nitrogens with zero attached hydrogens (tertiary/aromatic N) is 3. The number of thiazole rings is 1. The number of aromatic nitrogens is 1. The first-order chi connectivity index (χ1) is 13.3. The summed E-state index contributed by atoms with van der Waals surface area (Å²) < 4.78 is 0. The second-order valence-electron chi connectivity index (χ2n) is 7.30. The predicted molar refractivity (Wildman–Crippen MR) is 114 cm³/mol. The number of anilines is 1. The maximum atomic E-state index is 12.3. The zero-order chi connectivity index (χ0) is 18.5. The maximum absolute atomic E-state index is 12.3. The van der Waals surface area contributed by atoms with Crippen LogP contribution in [0.25, 0.3) is 10.6 Å². The summed E-state index contributed by atoms with van der Waals surface area (Å²) in [5, 5.41) is 7.42. The first-order valence-electron chi connectivity index (χ1n) is 9.94. The number of amides is 1. The van der Waals surface area contributed by atoms with Gasteiger partial charge in [-0.2, -0.15) is 5.10 Å². The average molecular weight is 403 g/mol. The standard InChI is InChI=1S/C20H26N4OS2/c25-19(15-8-3-1-4-9-15)23-21-14-17-18(16-10-7-13-26-16)22-20(27-17)24-11-5-2-6-12-24/h7,10,13-15H,1-6,8-9,11-12H2,(H,23,25)/b21-14-. The van der Waals surface area contributed by atoms with Crippen LogP contribution in [0, 0.1) is 5.92 Å². The normalized spacial score (nSPS) is 18.9. The van der Waals surface area contributed by atoms with E-state index in [1.54, 1.807) is 28.9 Å². The second-order valence-corrected chi connectivity index (χ2v) is 9.26. The molecule has 5 nitrogen and oxygen atoms in total. The minimum atomic E-state index is 0.0596. The van der Waals surface area contributed by atoms with Crippen LogP contribution in [-0.2, 0) is 4.79 Å². The van der Waals surface area contributed by atoms with Crippen LogP contribution in [-0.4, -0.2) is 30.2 Å².